The molecule has 106 valence electrons. The van der Waals surface area contributed by atoms with Crippen molar-refractivity contribution in [2.45, 2.75) is 6.18 Å². The molecule has 0 aliphatic rings. The predicted octanol–water partition coefficient (Wildman–Crippen LogP) is 4.00. The van der Waals surface area contributed by atoms with E-state index in [2.05, 4.69) is 15.3 Å². The van der Waals surface area contributed by atoms with E-state index in [0.29, 0.717) is 0 Å². The topological polar surface area (TPSA) is 37.8 Å². The van der Waals surface area contributed by atoms with Crippen LogP contribution in [-0.4, -0.2) is 17.0 Å². The maximum Gasteiger partial charge on any atom is 0.433 e. The first kappa shape index (κ1) is 14.5. The zero-order valence-electron chi connectivity index (χ0n) is 10.1. The summed E-state index contributed by atoms with van der Waals surface area (Å²) < 4.78 is 51.5. The fourth-order valence-electron chi connectivity index (χ4n) is 1.54. The second-order valence-corrected chi connectivity index (χ2v) is 4.24. The number of benzene rings is 1. The molecule has 0 saturated carbocycles. The summed E-state index contributed by atoms with van der Waals surface area (Å²) in [5, 5.41) is 2.52. The fourth-order valence-corrected chi connectivity index (χ4v) is 1.75. The van der Waals surface area contributed by atoms with Crippen LogP contribution in [0.2, 0.25) is 5.02 Å². The van der Waals surface area contributed by atoms with Crippen molar-refractivity contribution in [2.75, 3.05) is 12.4 Å². The van der Waals surface area contributed by atoms with Crippen LogP contribution < -0.4 is 5.32 Å². The first-order chi connectivity index (χ1) is 9.31. The normalized spacial score (nSPS) is 11.5. The van der Waals surface area contributed by atoms with Gasteiger partial charge in [0.1, 0.15) is 5.82 Å². The van der Waals surface area contributed by atoms with Gasteiger partial charge < -0.3 is 5.32 Å². The van der Waals surface area contributed by atoms with Gasteiger partial charge in [-0.05, 0) is 24.3 Å². The van der Waals surface area contributed by atoms with Crippen LogP contribution in [0, 0.1) is 5.82 Å². The molecule has 8 heteroatoms. The molecule has 0 saturated heterocycles. The van der Waals surface area contributed by atoms with Crippen LogP contribution in [-0.2, 0) is 6.18 Å². The molecule has 0 spiro atoms. The molecule has 0 aliphatic carbocycles. The monoisotopic (exact) mass is 305 g/mol. The van der Waals surface area contributed by atoms with E-state index in [1.807, 2.05) is 0 Å². The maximum atomic E-state index is 13.2. The van der Waals surface area contributed by atoms with Crippen molar-refractivity contribution in [3.05, 3.63) is 40.8 Å². The molecule has 3 nitrogen and oxygen atoms in total. The summed E-state index contributed by atoms with van der Waals surface area (Å²) in [5.74, 6) is -0.849. The highest BCUT2D eigenvalue weighted by molar-refractivity contribution is 6.33. The summed E-state index contributed by atoms with van der Waals surface area (Å²) in [5.41, 5.74) is -1.18. The Kier molecular flexibility index (Phi) is 3.80. The van der Waals surface area contributed by atoms with Gasteiger partial charge in [0, 0.05) is 12.6 Å². The molecule has 0 atom stereocenters. The molecule has 2 rings (SSSR count). The Hall–Kier alpha value is -1.89. The van der Waals surface area contributed by atoms with Crippen LogP contribution in [0.3, 0.4) is 0 Å². The highest BCUT2D eigenvalue weighted by Crippen LogP contribution is 2.33. The van der Waals surface area contributed by atoms with Crippen molar-refractivity contribution >= 4 is 17.5 Å². The summed E-state index contributed by atoms with van der Waals surface area (Å²) >= 11 is 5.86. The molecule has 1 aromatic heterocycles. The van der Waals surface area contributed by atoms with E-state index >= 15 is 0 Å². The third-order valence-corrected chi connectivity index (χ3v) is 2.77. The first-order valence-corrected chi connectivity index (χ1v) is 5.78. The van der Waals surface area contributed by atoms with Crippen LogP contribution in [0.1, 0.15) is 5.69 Å². The van der Waals surface area contributed by atoms with Gasteiger partial charge in [-0.25, -0.2) is 14.4 Å². The standard InChI is InChI=1S/C12H8ClF4N3/c1-18-11-19-9(5-10(20-11)12(15,16)17)7-4-6(14)2-3-8(7)13/h2-5H,1H3,(H,18,19,20). The minimum absolute atomic E-state index is 0.0658. The van der Waals surface area contributed by atoms with E-state index in [0.717, 1.165) is 18.2 Å². The Labute approximate surface area is 116 Å². The minimum atomic E-state index is -4.64. The molecule has 0 radical (unpaired) electrons. The zero-order valence-corrected chi connectivity index (χ0v) is 10.8. The van der Waals surface area contributed by atoms with Gasteiger partial charge in [-0.2, -0.15) is 13.2 Å². The Morgan fingerprint density at radius 1 is 1.15 bits per heavy atom. The number of hydrogen-bond donors (Lipinski definition) is 1. The molecule has 1 N–H and O–H groups in total. The lowest BCUT2D eigenvalue weighted by Gasteiger charge is -2.11. The second kappa shape index (κ2) is 5.24. The van der Waals surface area contributed by atoms with Gasteiger partial charge in [0.25, 0.3) is 0 Å². The number of hydrogen-bond acceptors (Lipinski definition) is 3. The number of aromatic nitrogens is 2. The summed E-state index contributed by atoms with van der Waals surface area (Å²) in [6.07, 6.45) is -4.64. The van der Waals surface area contributed by atoms with Crippen LogP contribution in [0.5, 0.6) is 0 Å². The van der Waals surface area contributed by atoms with Crippen molar-refractivity contribution in [1.82, 2.24) is 9.97 Å². The molecule has 0 fully saturated rings. The minimum Gasteiger partial charge on any atom is -0.357 e. The summed E-state index contributed by atoms with van der Waals surface area (Å²) in [6.45, 7) is 0. The summed E-state index contributed by atoms with van der Waals surface area (Å²) in [7, 11) is 1.38. The average molecular weight is 306 g/mol. The van der Waals surface area contributed by atoms with Gasteiger partial charge in [0.15, 0.2) is 5.69 Å². The van der Waals surface area contributed by atoms with Crippen LogP contribution in [0.15, 0.2) is 24.3 Å². The molecule has 20 heavy (non-hydrogen) atoms. The number of nitrogens with zero attached hydrogens (tertiary/aromatic N) is 2. The molecule has 1 heterocycles. The van der Waals surface area contributed by atoms with E-state index in [4.69, 9.17) is 11.6 Å². The lowest BCUT2D eigenvalue weighted by Crippen LogP contribution is -2.11. The van der Waals surface area contributed by atoms with Gasteiger partial charge in [-0.3, -0.25) is 0 Å². The summed E-state index contributed by atoms with van der Waals surface area (Å²) in [4.78, 5) is 7.18. The van der Waals surface area contributed by atoms with Crippen LogP contribution in [0.4, 0.5) is 23.5 Å². The molecular weight excluding hydrogens is 298 g/mol. The van der Waals surface area contributed by atoms with Crippen molar-refractivity contribution in [1.29, 1.82) is 0 Å². The van der Waals surface area contributed by atoms with Gasteiger partial charge in [-0.15, -0.1) is 0 Å². The molecule has 2 aromatic rings. The van der Waals surface area contributed by atoms with E-state index in [9.17, 15) is 17.6 Å². The largest absolute Gasteiger partial charge is 0.433 e. The quantitative estimate of drug-likeness (QED) is 0.852. The smallest absolute Gasteiger partial charge is 0.357 e. The Morgan fingerprint density at radius 3 is 2.45 bits per heavy atom. The molecular formula is C12H8ClF4N3. The second-order valence-electron chi connectivity index (χ2n) is 3.83. The van der Waals surface area contributed by atoms with Crippen molar-refractivity contribution in [3.8, 4) is 11.3 Å². The Balaban J connectivity index is 2.64. The van der Waals surface area contributed by atoms with Gasteiger partial charge in [0.2, 0.25) is 5.95 Å². The van der Waals surface area contributed by atoms with Gasteiger partial charge >= 0.3 is 6.18 Å². The van der Waals surface area contributed by atoms with Gasteiger partial charge in [-0.1, -0.05) is 11.6 Å². The van der Waals surface area contributed by atoms with Crippen LogP contribution in [0.25, 0.3) is 11.3 Å². The first-order valence-electron chi connectivity index (χ1n) is 5.40. The molecule has 0 amide bonds. The van der Waals surface area contributed by atoms with Crippen molar-refractivity contribution in [3.63, 3.8) is 0 Å². The SMILES string of the molecule is CNc1nc(-c2cc(F)ccc2Cl)cc(C(F)(F)F)n1. The van der Waals surface area contributed by atoms with Crippen LogP contribution >= 0.6 is 11.6 Å². The van der Waals surface area contributed by atoms with Crippen molar-refractivity contribution in [2.24, 2.45) is 0 Å². The molecule has 0 bridgehead atoms. The predicted molar refractivity (Wildman–Crippen MR) is 67.0 cm³/mol. The number of halogens is 5. The number of alkyl halides is 3. The lowest BCUT2D eigenvalue weighted by atomic mass is 10.1. The third-order valence-electron chi connectivity index (χ3n) is 2.44. The zero-order chi connectivity index (χ0) is 14.9. The Bertz CT molecular complexity index is 643. The third kappa shape index (κ3) is 2.98. The maximum absolute atomic E-state index is 13.2. The summed E-state index contributed by atoms with van der Waals surface area (Å²) in [6, 6.07) is 4.10. The molecule has 0 unspecified atom stereocenters. The van der Waals surface area contributed by atoms with Gasteiger partial charge in [0.05, 0.1) is 10.7 Å². The highest BCUT2D eigenvalue weighted by atomic mass is 35.5. The van der Waals surface area contributed by atoms with E-state index < -0.39 is 17.7 Å². The number of nitrogens with one attached hydrogen (secondary N) is 1. The number of anilines is 1. The van der Waals surface area contributed by atoms with E-state index in [-0.39, 0.29) is 22.2 Å². The van der Waals surface area contributed by atoms with Crippen molar-refractivity contribution < 1.29 is 17.6 Å². The average Bonchev–Trinajstić information content (AvgIpc) is 2.40. The molecule has 0 aliphatic heterocycles. The Morgan fingerprint density at radius 2 is 1.85 bits per heavy atom. The fraction of sp³-hybridized carbons (Fsp3) is 0.167. The lowest BCUT2D eigenvalue weighted by molar-refractivity contribution is -0.141. The van der Waals surface area contributed by atoms with E-state index in [1.54, 1.807) is 0 Å². The highest BCUT2D eigenvalue weighted by Gasteiger charge is 2.34. The molecule has 1 aromatic carbocycles. The number of rotatable bonds is 2. The van der Waals surface area contributed by atoms with E-state index in [1.165, 1.54) is 13.1 Å².